The molecule has 25 heavy (non-hydrogen) atoms. The summed E-state index contributed by atoms with van der Waals surface area (Å²) in [6.07, 6.45) is 10.2. The van der Waals surface area contributed by atoms with Gasteiger partial charge in [-0.25, -0.2) is 4.68 Å². The van der Waals surface area contributed by atoms with Crippen LogP contribution in [0.25, 0.3) is 0 Å². The van der Waals surface area contributed by atoms with E-state index < -0.39 is 0 Å². The minimum atomic E-state index is 0.00383. The Bertz CT molecular complexity index is 666. The van der Waals surface area contributed by atoms with Crippen molar-refractivity contribution < 1.29 is 4.79 Å². The summed E-state index contributed by atoms with van der Waals surface area (Å²) in [6, 6.07) is 3.56. The number of aromatic nitrogens is 2. The molecular formula is C20H29N3O2. The minimum absolute atomic E-state index is 0.00383. The van der Waals surface area contributed by atoms with Crippen LogP contribution in [-0.4, -0.2) is 33.7 Å². The number of rotatable bonds is 5. The van der Waals surface area contributed by atoms with Crippen LogP contribution in [0.1, 0.15) is 69.4 Å². The third kappa shape index (κ3) is 4.13. The first kappa shape index (κ1) is 16.8. The molecular weight excluding hydrogens is 314 g/mol. The fourth-order valence-corrected chi connectivity index (χ4v) is 4.39. The van der Waals surface area contributed by atoms with Crippen LogP contribution in [0, 0.1) is 11.8 Å². The first-order valence-electron chi connectivity index (χ1n) is 10.0. The summed E-state index contributed by atoms with van der Waals surface area (Å²) in [4.78, 5) is 26.6. The number of amides is 1. The van der Waals surface area contributed by atoms with E-state index in [1.807, 2.05) is 11.0 Å². The largest absolute Gasteiger partial charge is 0.343 e. The SMILES string of the molecule is O=C(CC1CCCC1)N1CCC(Cn2nc(C3CC3)ccc2=O)CC1. The molecule has 1 aromatic heterocycles. The highest BCUT2D eigenvalue weighted by molar-refractivity contribution is 5.76. The normalized spacial score (nSPS) is 22.5. The van der Waals surface area contributed by atoms with Gasteiger partial charge in [0.25, 0.3) is 5.56 Å². The standard InChI is InChI=1S/C20H29N3O2/c24-19-8-7-18(17-5-6-17)21-23(19)14-16-9-11-22(12-10-16)20(25)13-15-3-1-2-4-15/h7-8,15-17H,1-6,9-14H2. The van der Waals surface area contributed by atoms with Gasteiger partial charge in [-0.05, 0) is 56.4 Å². The molecule has 2 saturated carbocycles. The van der Waals surface area contributed by atoms with Gasteiger partial charge in [-0.2, -0.15) is 5.10 Å². The number of carbonyl (C=O) groups excluding carboxylic acids is 1. The fourth-order valence-electron chi connectivity index (χ4n) is 4.39. The fraction of sp³-hybridized carbons (Fsp3) is 0.750. The molecule has 4 rings (SSSR count). The van der Waals surface area contributed by atoms with Crippen molar-refractivity contribution in [2.45, 2.75) is 70.3 Å². The first-order valence-corrected chi connectivity index (χ1v) is 10.0. The highest BCUT2D eigenvalue weighted by Gasteiger charge is 2.28. The Hall–Kier alpha value is -1.65. The molecule has 2 aliphatic carbocycles. The number of hydrogen-bond acceptors (Lipinski definition) is 3. The summed E-state index contributed by atoms with van der Waals surface area (Å²) in [7, 11) is 0. The Morgan fingerprint density at radius 2 is 1.72 bits per heavy atom. The minimum Gasteiger partial charge on any atom is -0.343 e. The average Bonchev–Trinajstić information content (AvgIpc) is 3.35. The summed E-state index contributed by atoms with van der Waals surface area (Å²) in [6.45, 7) is 2.38. The van der Waals surface area contributed by atoms with Gasteiger partial charge in [-0.15, -0.1) is 0 Å². The van der Waals surface area contributed by atoms with Gasteiger partial charge in [0, 0.05) is 38.0 Å². The second-order valence-electron chi connectivity index (χ2n) is 8.23. The molecule has 5 heteroatoms. The number of piperidine rings is 1. The molecule has 2 heterocycles. The highest BCUT2D eigenvalue weighted by atomic mass is 16.2. The van der Waals surface area contributed by atoms with Crippen molar-refractivity contribution >= 4 is 5.91 Å². The molecule has 1 saturated heterocycles. The second-order valence-corrected chi connectivity index (χ2v) is 8.23. The van der Waals surface area contributed by atoms with Gasteiger partial charge in [0.1, 0.15) is 0 Å². The summed E-state index contributed by atoms with van der Waals surface area (Å²) in [5.41, 5.74) is 1.08. The zero-order valence-corrected chi connectivity index (χ0v) is 15.0. The van der Waals surface area contributed by atoms with Crippen molar-refractivity contribution in [3.8, 4) is 0 Å². The van der Waals surface area contributed by atoms with Crippen molar-refractivity contribution in [1.82, 2.24) is 14.7 Å². The molecule has 3 fully saturated rings. The Morgan fingerprint density at radius 3 is 2.40 bits per heavy atom. The van der Waals surface area contributed by atoms with Gasteiger partial charge >= 0.3 is 0 Å². The van der Waals surface area contributed by atoms with Gasteiger partial charge in [-0.3, -0.25) is 9.59 Å². The zero-order chi connectivity index (χ0) is 17.2. The van der Waals surface area contributed by atoms with Crippen molar-refractivity contribution in [3.05, 3.63) is 28.2 Å². The Balaban J connectivity index is 1.29. The number of likely N-dealkylation sites (tertiary alicyclic amines) is 1. The van der Waals surface area contributed by atoms with E-state index in [-0.39, 0.29) is 5.56 Å². The maximum Gasteiger partial charge on any atom is 0.266 e. The van der Waals surface area contributed by atoms with Gasteiger partial charge in [0.15, 0.2) is 0 Å². The molecule has 136 valence electrons. The molecule has 1 amide bonds. The van der Waals surface area contributed by atoms with Crippen molar-refractivity contribution in [3.63, 3.8) is 0 Å². The summed E-state index contributed by atoms with van der Waals surface area (Å²) < 4.78 is 1.66. The third-order valence-electron chi connectivity index (χ3n) is 6.22. The maximum atomic E-state index is 12.5. The molecule has 0 N–H and O–H groups in total. The second kappa shape index (κ2) is 7.30. The molecule has 3 aliphatic rings. The summed E-state index contributed by atoms with van der Waals surface area (Å²) in [5.74, 6) is 1.99. The monoisotopic (exact) mass is 343 g/mol. The molecule has 1 aliphatic heterocycles. The molecule has 0 radical (unpaired) electrons. The van der Waals surface area contributed by atoms with E-state index in [1.165, 1.54) is 38.5 Å². The lowest BCUT2D eigenvalue weighted by atomic mass is 9.95. The van der Waals surface area contributed by atoms with Gasteiger partial charge in [-0.1, -0.05) is 12.8 Å². The Kier molecular flexibility index (Phi) is 4.91. The zero-order valence-electron chi connectivity index (χ0n) is 15.0. The Labute approximate surface area is 149 Å². The molecule has 0 spiro atoms. The lowest BCUT2D eigenvalue weighted by molar-refractivity contribution is -0.133. The van der Waals surface area contributed by atoms with Crippen LogP contribution in [0.5, 0.6) is 0 Å². The van der Waals surface area contributed by atoms with Crippen LogP contribution in [0.3, 0.4) is 0 Å². The molecule has 0 atom stereocenters. The van der Waals surface area contributed by atoms with Crippen molar-refractivity contribution in [2.24, 2.45) is 11.8 Å². The molecule has 0 bridgehead atoms. The van der Waals surface area contributed by atoms with Crippen LogP contribution < -0.4 is 5.56 Å². The average molecular weight is 343 g/mol. The van der Waals surface area contributed by atoms with E-state index in [4.69, 9.17) is 0 Å². The molecule has 5 nitrogen and oxygen atoms in total. The predicted octanol–water partition coefficient (Wildman–Crippen LogP) is 2.94. The van der Waals surface area contributed by atoms with E-state index in [1.54, 1.807) is 10.7 Å². The summed E-state index contributed by atoms with van der Waals surface area (Å²) >= 11 is 0. The third-order valence-corrected chi connectivity index (χ3v) is 6.22. The van der Waals surface area contributed by atoms with E-state index in [2.05, 4.69) is 5.10 Å². The number of nitrogens with zero attached hydrogens (tertiary/aromatic N) is 3. The lowest BCUT2D eigenvalue weighted by Gasteiger charge is -2.32. The van der Waals surface area contributed by atoms with E-state index >= 15 is 0 Å². The van der Waals surface area contributed by atoms with Crippen molar-refractivity contribution in [1.29, 1.82) is 0 Å². The maximum absolute atomic E-state index is 12.5. The highest BCUT2D eigenvalue weighted by Crippen LogP contribution is 2.38. The van der Waals surface area contributed by atoms with E-state index in [0.717, 1.165) is 38.0 Å². The van der Waals surface area contributed by atoms with Gasteiger partial charge < -0.3 is 4.90 Å². The van der Waals surface area contributed by atoms with Crippen molar-refractivity contribution in [2.75, 3.05) is 13.1 Å². The quantitative estimate of drug-likeness (QED) is 0.826. The van der Waals surface area contributed by atoms with Crippen LogP contribution in [0.4, 0.5) is 0 Å². The van der Waals surface area contributed by atoms with E-state index in [9.17, 15) is 9.59 Å². The summed E-state index contributed by atoms with van der Waals surface area (Å²) in [5, 5.41) is 4.57. The van der Waals surface area contributed by atoms with E-state index in [0.29, 0.717) is 30.2 Å². The van der Waals surface area contributed by atoms with Gasteiger partial charge in [0.05, 0.1) is 5.69 Å². The molecule has 0 aromatic carbocycles. The van der Waals surface area contributed by atoms with Crippen LogP contribution in [-0.2, 0) is 11.3 Å². The van der Waals surface area contributed by atoms with Crippen LogP contribution in [0.2, 0.25) is 0 Å². The number of carbonyl (C=O) groups is 1. The predicted molar refractivity (Wildman–Crippen MR) is 96.4 cm³/mol. The lowest BCUT2D eigenvalue weighted by Crippen LogP contribution is -2.40. The Morgan fingerprint density at radius 1 is 1.00 bits per heavy atom. The molecule has 0 unspecified atom stereocenters. The van der Waals surface area contributed by atoms with Crippen LogP contribution >= 0.6 is 0 Å². The van der Waals surface area contributed by atoms with Crippen LogP contribution in [0.15, 0.2) is 16.9 Å². The topological polar surface area (TPSA) is 55.2 Å². The molecule has 1 aromatic rings. The number of hydrogen-bond donors (Lipinski definition) is 0. The first-order chi connectivity index (χ1) is 12.2. The smallest absolute Gasteiger partial charge is 0.266 e. The van der Waals surface area contributed by atoms with Gasteiger partial charge in [0.2, 0.25) is 5.91 Å².